The molecule has 0 radical (unpaired) electrons. The first kappa shape index (κ1) is 29.8. The van der Waals surface area contributed by atoms with Crippen molar-refractivity contribution in [1.82, 2.24) is 20.9 Å². The third-order valence-corrected chi connectivity index (χ3v) is 6.20. The first-order chi connectivity index (χ1) is 19.1. The first-order valence-electron chi connectivity index (χ1n) is 12.5. The predicted molar refractivity (Wildman–Crippen MR) is 144 cm³/mol. The van der Waals surface area contributed by atoms with Crippen molar-refractivity contribution in [2.75, 3.05) is 6.61 Å². The van der Waals surface area contributed by atoms with Crippen LogP contribution in [-0.4, -0.2) is 75.6 Å². The Hall–Kier alpha value is -4.75. The number of amides is 4. The standard InChI is InChI=1S/C27H32N6O7/c28-18(11-16-13-30-19-9-5-4-8-17(16)19)24(36)33-22(14-34)26(38)31-20(10-15-6-2-1-3-7-15)25(37)32-21(27(39)40)12-23(29)35/h1-9,13,18,20-22,30,34H,10-12,14,28H2,(H2,29,35)(H,31,38)(H,32,37)(H,33,36)(H,39,40). The average molecular weight is 553 g/mol. The zero-order chi connectivity index (χ0) is 29.2. The number of aliphatic hydroxyl groups is 1. The van der Waals surface area contributed by atoms with E-state index in [-0.39, 0.29) is 12.8 Å². The Morgan fingerprint density at radius 2 is 1.40 bits per heavy atom. The normalized spacial score (nSPS) is 13.9. The number of benzene rings is 2. The number of hydrogen-bond acceptors (Lipinski definition) is 7. The number of carboxylic acid groups (broad SMARTS) is 1. The van der Waals surface area contributed by atoms with Crippen molar-refractivity contribution in [3.63, 3.8) is 0 Å². The average Bonchev–Trinajstić information content (AvgIpc) is 3.33. The minimum Gasteiger partial charge on any atom is -0.480 e. The molecule has 0 spiro atoms. The molecular weight excluding hydrogens is 520 g/mol. The van der Waals surface area contributed by atoms with Crippen LogP contribution in [0, 0.1) is 0 Å². The molecule has 0 saturated heterocycles. The van der Waals surface area contributed by atoms with Gasteiger partial charge in [0.25, 0.3) is 0 Å². The van der Waals surface area contributed by atoms with Crippen LogP contribution in [0.3, 0.4) is 0 Å². The molecule has 0 aliphatic rings. The van der Waals surface area contributed by atoms with Gasteiger partial charge in [-0.15, -0.1) is 0 Å². The molecule has 0 saturated carbocycles. The number of carboxylic acids is 1. The summed E-state index contributed by atoms with van der Waals surface area (Å²) in [5, 5.41) is 27.1. The molecule has 3 aromatic rings. The number of fused-ring (bicyclic) bond motifs is 1. The fourth-order valence-electron chi connectivity index (χ4n) is 4.11. The van der Waals surface area contributed by atoms with Crippen LogP contribution in [-0.2, 0) is 36.8 Å². The van der Waals surface area contributed by atoms with Crippen LogP contribution in [0.15, 0.2) is 60.8 Å². The Morgan fingerprint density at radius 1 is 0.800 bits per heavy atom. The highest BCUT2D eigenvalue weighted by Gasteiger charge is 2.31. The summed E-state index contributed by atoms with van der Waals surface area (Å²) in [6, 6.07) is 10.6. The first-order valence-corrected chi connectivity index (χ1v) is 12.5. The Kier molecular flexibility index (Phi) is 10.3. The number of aromatic nitrogens is 1. The van der Waals surface area contributed by atoms with Crippen LogP contribution in [0.4, 0.5) is 0 Å². The van der Waals surface area contributed by atoms with Crippen LogP contribution in [0.5, 0.6) is 0 Å². The highest BCUT2D eigenvalue weighted by Crippen LogP contribution is 2.18. The van der Waals surface area contributed by atoms with Gasteiger partial charge in [0, 0.05) is 23.5 Å². The van der Waals surface area contributed by atoms with E-state index >= 15 is 0 Å². The van der Waals surface area contributed by atoms with Gasteiger partial charge >= 0.3 is 5.97 Å². The topological polar surface area (TPSA) is 230 Å². The lowest BCUT2D eigenvalue weighted by atomic mass is 10.0. The van der Waals surface area contributed by atoms with Crippen molar-refractivity contribution < 1.29 is 34.2 Å². The zero-order valence-electron chi connectivity index (χ0n) is 21.5. The SMILES string of the molecule is NC(=O)CC(NC(=O)C(Cc1ccccc1)NC(=O)C(CO)NC(=O)C(N)Cc1c[nH]c2ccccc12)C(=O)O. The predicted octanol–water partition coefficient (Wildman–Crippen LogP) is -1.31. The Morgan fingerprint density at radius 3 is 2.05 bits per heavy atom. The number of aromatic amines is 1. The van der Waals surface area contributed by atoms with Crippen molar-refractivity contribution in [1.29, 1.82) is 0 Å². The number of rotatable bonds is 14. The van der Waals surface area contributed by atoms with Gasteiger partial charge in [-0.3, -0.25) is 19.2 Å². The molecule has 212 valence electrons. The van der Waals surface area contributed by atoms with Gasteiger partial charge in [0.05, 0.1) is 19.1 Å². The summed E-state index contributed by atoms with van der Waals surface area (Å²) in [5.41, 5.74) is 13.5. The van der Waals surface area contributed by atoms with Gasteiger partial charge < -0.3 is 42.6 Å². The van der Waals surface area contributed by atoms with E-state index in [9.17, 15) is 34.2 Å². The molecule has 1 heterocycles. The summed E-state index contributed by atoms with van der Waals surface area (Å²) in [5.74, 6) is -4.92. The summed E-state index contributed by atoms with van der Waals surface area (Å²) < 4.78 is 0. The number of hydrogen-bond donors (Lipinski definition) is 8. The van der Waals surface area contributed by atoms with Gasteiger partial charge in [0.15, 0.2) is 0 Å². The maximum atomic E-state index is 13.0. The lowest BCUT2D eigenvalue weighted by molar-refractivity contribution is -0.143. The van der Waals surface area contributed by atoms with Gasteiger partial charge in [0.1, 0.15) is 18.1 Å². The maximum Gasteiger partial charge on any atom is 0.326 e. The quantitative estimate of drug-likeness (QED) is 0.119. The smallest absolute Gasteiger partial charge is 0.326 e. The lowest BCUT2D eigenvalue weighted by Crippen LogP contribution is -2.58. The van der Waals surface area contributed by atoms with Gasteiger partial charge in [-0.2, -0.15) is 0 Å². The number of aliphatic hydroxyl groups excluding tert-OH is 1. The summed E-state index contributed by atoms with van der Waals surface area (Å²) in [6.45, 7) is -0.795. The zero-order valence-corrected chi connectivity index (χ0v) is 21.5. The van der Waals surface area contributed by atoms with Gasteiger partial charge in [-0.25, -0.2) is 4.79 Å². The molecule has 1 aromatic heterocycles. The second-order valence-electron chi connectivity index (χ2n) is 9.23. The highest BCUT2D eigenvalue weighted by atomic mass is 16.4. The number of para-hydroxylation sites is 1. The molecule has 0 bridgehead atoms. The fraction of sp³-hybridized carbons (Fsp3) is 0.296. The van der Waals surface area contributed by atoms with Gasteiger partial charge in [0.2, 0.25) is 23.6 Å². The summed E-state index contributed by atoms with van der Waals surface area (Å²) >= 11 is 0. The van der Waals surface area contributed by atoms with Crippen molar-refractivity contribution in [3.8, 4) is 0 Å². The van der Waals surface area contributed by atoms with Crippen LogP contribution in [0.25, 0.3) is 10.9 Å². The molecule has 13 heteroatoms. The van der Waals surface area contributed by atoms with Crippen molar-refractivity contribution in [2.45, 2.75) is 43.4 Å². The van der Waals surface area contributed by atoms with E-state index in [2.05, 4.69) is 20.9 Å². The van der Waals surface area contributed by atoms with E-state index in [4.69, 9.17) is 11.5 Å². The maximum absolute atomic E-state index is 13.0. The van der Waals surface area contributed by atoms with Gasteiger partial charge in [-0.1, -0.05) is 48.5 Å². The molecule has 2 aromatic carbocycles. The van der Waals surface area contributed by atoms with Crippen LogP contribution >= 0.6 is 0 Å². The second-order valence-corrected chi connectivity index (χ2v) is 9.23. The Labute approximate surface area is 229 Å². The van der Waals surface area contributed by atoms with E-state index in [1.54, 1.807) is 36.5 Å². The molecule has 10 N–H and O–H groups in total. The summed E-state index contributed by atoms with van der Waals surface area (Å²) in [7, 11) is 0. The number of carbonyl (C=O) groups is 5. The molecule has 40 heavy (non-hydrogen) atoms. The van der Waals surface area contributed by atoms with E-state index < -0.39 is 66.8 Å². The van der Waals surface area contributed by atoms with E-state index in [0.29, 0.717) is 5.56 Å². The molecule has 4 atom stereocenters. The van der Waals surface area contributed by atoms with E-state index in [0.717, 1.165) is 16.5 Å². The van der Waals surface area contributed by atoms with Crippen molar-refractivity contribution in [3.05, 3.63) is 71.9 Å². The van der Waals surface area contributed by atoms with Gasteiger partial charge in [-0.05, 0) is 23.6 Å². The van der Waals surface area contributed by atoms with E-state index in [1.165, 1.54) is 0 Å². The summed E-state index contributed by atoms with van der Waals surface area (Å²) in [6.07, 6.45) is 1.19. The van der Waals surface area contributed by atoms with Crippen molar-refractivity contribution >= 4 is 40.5 Å². The minimum atomic E-state index is -1.61. The number of carbonyl (C=O) groups excluding carboxylic acids is 4. The molecule has 4 unspecified atom stereocenters. The third kappa shape index (κ3) is 8.12. The number of primary amides is 1. The largest absolute Gasteiger partial charge is 0.480 e. The molecule has 0 aliphatic carbocycles. The molecule has 13 nitrogen and oxygen atoms in total. The fourth-order valence-corrected chi connectivity index (χ4v) is 4.11. The number of nitrogens with two attached hydrogens (primary N) is 2. The molecular formula is C27H32N6O7. The second kappa shape index (κ2) is 13.9. The highest BCUT2D eigenvalue weighted by molar-refractivity contribution is 5.95. The molecule has 4 amide bonds. The minimum absolute atomic E-state index is 0.0481. The number of H-pyrrole nitrogens is 1. The molecule has 0 aliphatic heterocycles. The third-order valence-electron chi connectivity index (χ3n) is 6.20. The van der Waals surface area contributed by atoms with Crippen LogP contribution in [0.2, 0.25) is 0 Å². The Bertz CT molecular complexity index is 1360. The molecule has 3 rings (SSSR count). The monoisotopic (exact) mass is 552 g/mol. The summed E-state index contributed by atoms with van der Waals surface area (Å²) in [4.78, 5) is 64.6. The van der Waals surface area contributed by atoms with Crippen LogP contribution in [0.1, 0.15) is 17.5 Å². The lowest BCUT2D eigenvalue weighted by Gasteiger charge is -2.24. The number of nitrogens with one attached hydrogen (secondary N) is 4. The van der Waals surface area contributed by atoms with Crippen molar-refractivity contribution in [2.24, 2.45) is 11.5 Å². The Balaban J connectivity index is 1.69. The van der Waals surface area contributed by atoms with E-state index in [1.807, 2.05) is 24.3 Å². The number of aliphatic carboxylic acids is 1. The van der Waals surface area contributed by atoms with Crippen LogP contribution < -0.4 is 27.4 Å². The molecule has 0 fully saturated rings.